The van der Waals surface area contributed by atoms with Crippen LogP contribution in [0.3, 0.4) is 0 Å². The van der Waals surface area contributed by atoms with Crippen LogP contribution in [-0.2, 0) is 73.8 Å². The third-order valence-corrected chi connectivity index (χ3v) is 9.98. The zero-order valence-electron chi connectivity index (χ0n) is 25.4. The Bertz CT molecular complexity index is 1210. The third-order valence-electron chi connectivity index (χ3n) is 6.26. The van der Waals surface area contributed by atoms with Crippen LogP contribution in [0.5, 0.6) is 0 Å². The van der Waals surface area contributed by atoms with Crippen molar-refractivity contribution < 1.29 is 38.4 Å². The van der Waals surface area contributed by atoms with Crippen LogP contribution in [0.25, 0.3) is 0 Å². The highest BCUT2D eigenvalue weighted by Gasteiger charge is 2.24. The average Bonchev–Trinajstić information content (AvgIpc) is 3.55. The van der Waals surface area contributed by atoms with E-state index in [9.17, 15) is 38.4 Å². The maximum atomic E-state index is 11.6. The standard InChI is InChI=1S/C13H20N4O4.C13H18N3O4PS.P2S2/c14-9(13(15)21)3-1-2-7-16-10(18)6-8-17-11(19)4-5-12(17)20;14-9(13(20)21-22)3-1-2-7-15-10(17)6-8-16-11(18)4-5-12(16)19;3-1-2-4/h4-5,9H,1-3,6-8,14H2,(H2,15,21)(H,16,18);4-5,9H,1-3,6-8,14H2,(H,15,17);/t9-;;/m0../s1. The first kappa shape index (κ1) is 44.3. The number of nitrogens with zero attached hydrogens (tertiary/aromatic N) is 2. The molecule has 2 aliphatic heterocycles. The second-order valence-corrected chi connectivity index (χ2v) is 15.1. The number of amides is 7. The zero-order valence-corrected chi connectivity index (χ0v) is 30.5. The fourth-order valence-corrected chi connectivity index (χ4v) is 4.34. The molecule has 0 saturated carbocycles. The number of nitrogens with two attached hydrogens (primary N) is 3. The Morgan fingerprint density at radius 3 is 1.34 bits per heavy atom. The number of rotatable bonds is 20. The van der Waals surface area contributed by atoms with Gasteiger partial charge >= 0.3 is 0 Å². The minimum atomic E-state index is -0.652. The van der Waals surface area contributed by atoms with Crippen molar-refractivity contribution in [3.8, 4) is 0 Å². The molecule has 0 fully saturated rings. The summed E-state index contributed by atoms with van der Waals surface area (Å²) in [5.41, 5.74) is 16.0. The Labute approximate surface area is 292 Å². The predicted molar refractivity (Wildman–Crippen MR) is 188 cm³/mol. The highest BCUT2D eigenvalue weighted by atomic mass is 32.7. The Hall–Kier alpha value is -2.68. The molecule has 47 heavy (non-hydrogen) atoms. The Balaban J connectivity index is 0.000000808. The van der Waals surface area contributed by atoms with E-state index in [1.54, 1.807) is 0 Å². The smallest absolute Gasteiger partial charge is 0.253 e. The summed E-state index contributed by atoms with van der Waals surface area (Å²) < 4.78 is 0. The molecule has 0 aromatic heterocycles. The largest absolute Gasteiger partial charge is 0.368 e. The van der Waals surface area contributed by atoms with Crippen LogP contribution in [0.4, 0.5) is 0 Å². The van der Waals surface area contributed by atoms with E-state index in [1.807, 2.05) is 0 Å². The molecule has 0 aromatic carbocycles. The minimum Gasteiger partial charge on any atom is -0.368 e. The van der Waals surface area contributed by atoms with Gasteiger partial charge in [-0.05, 0) is 73.9 Å². The maximum absolute atomic E-state index is 11.6. The molecule has 21 heteroatoms. The van der Waals surface area contributed by atoms with Crippen molar-refractivity contribution in [2.45, 2.75) is 63.5 Å². The third kappa shape index (κ3) is 20.3. The molecule has 0 saturated heterocycles. The van der Waals surface area contributed by atoms with Crippen molar-refractivity contribution in [1.82, 2.24) is 20.4 Å². The summed E-state index contributed by atoms with van der Waals surface area (Å²) in [5.74, 6) is -2.57. The molecule has 2 heterocycles. The molecule has 2 atom stereocenters. The first-order valence-electron chi connectivity index (χ1n) is 14.2. The fourth-order valence-electron chi connectivity index (χ4n) is 3.67. The summed E-state index contributed by atoms with van der Waals surface area (Å²) in [5, 5.41) is 5.37. The van der Waals surface area contributed by atoms with Gasteiger partial charge in [0.2, 0.25) is 23.2 Å². The number of primary amides is 1. The number of hydrogen-bond donors (Lipinski definition) is 5. The van der Waals surface area contributed by atoms with E-state index in [0.29, 0.717) is 51.6 Å². The van der Waals surface area contributed by atoms with E-state index in [1.165, 1.54) is 24.3 Å². The lowest BCUT2D eigenvalue weighted by Crippen LogP contribution is -2.36. The van der Waals surface area contributed by atoms with Crippen molar-refractivity contribution in [2.24, 2.45) is 17.2 Å². The van der Waals surface area contributed by atoms with Crippen molar-refractivity contribution in [3.63, 3.8) is 0 Å². The van der Waals surface area contributed by atoms with Crippen molar-refractivity contribution in [3.05, 3.63) is 24.3 Å². The van der Waals surface area contributed by atoms with Crippen molar-refractivity contribution >= 4 is 104 Å². The molecule has 2 rings (SSSR count). The zero-order chi connectivity index (χ0) is 35.8. The highest BCUT2D eigenvalue weighted by molar-refractivity contribution is 8.40. The second kappa shape index (κ2) is 26.3. The number of imide groups is 2. The summed E-state index contributed by atoms with van der Waals surface area (Å²) in [7, 11) is 1.99. The van der Waals surface area contributed by atoms with Crippen LogP contribution in [-0.4, -0.2) is 94.9 Å². The van der Waals surface area contributed by atoms with Crippen LogP contribution in [0.2, 0.25) is 0 Å². The van der Waals surface area contributed by atoms with Crippen LogP contribution >= 0.6 is 21.4 Å². The van der Waals surface area contributed by atoms with Crippen LogP contribution in [0.1, 0.15) is 51.4 Å². The van der Waals surface area contributed by atoms with Gasteiger partial charge in [0.05, 0.1) is 19.4 Å². The van der Waals surface area contributed by atoms with Gasteiger partial charge < -0.3 is 27.8 Å². The molecule has 0 aromatic rings. The molecule has 0 spiro atoms. The van der Waals surface area contributed by atoms with Crippen molar-refractivity contribution in [1.29, 1.82) is 0 Å². The second-order valence-electron chi connectivity index (χ2n) is 9.72. The van der Waals surface area contributed by atoms with E-state index in [0.717, 1.165) is 23.9 Å². The van der Waals surface area contributed by atoms with Gasteiger partial charge in [-0.1, -0.05) is 0 Å². The molecular formula is C26H38N7O8P3S3. The van der Waals surface area contributed by atoms with Gasteiger partial charge in [0, 0.05) is 77.4 Å². The SMILES string of the molecule is NC(=O)[C@@H](N)CCCCNC(=O)CCN1C(=O)C=CC1=O.NC(CCCCNC(=O)CCN1C(=O)C=CC1=O)C(=O)P=S.S=PP=S. The Morgan fingerprint density at radius 2 is 1.02 bits per heavy atom. The first-order valence-corrected chi connectivity index (χ1v) is 20.6. The van der Waals surface area contributed by atoms with E-state index >= 15 is 0 Å². The van der Waals surface area contributed by atoms with E-state index in [-0.39, 0.29) is 50.6 Å². The molecule has 258 valence electrons. The Morgan fingerprint density at radius 1 is 0.660 bits per heavy atom. The molecule has 15 nitrogen and oxygen atoms in total. The normalized spacial score (nSPS) is 14.9. The van der Waals surface area contributed by atoms with Crippen LogP contribution < -0.4 is 27.8 Å². The molecule has 1 unspecified atom stereocenters. The van der Waals surface area contributed by atoms with E-state index in [4.69, 9.17) is 17.2 Å². The predicted octanol–water partition coefficient (Wildman–Crippen LogP) is -0.0318. The van der Waals surface area contributed by atoms with Crippen LogP contribution in [0, 0.1) is 0 Å². The molecule has 0 aliphatic carbocycles. The number of hydrogen-bond acceptors (Lipinski definition) is 13. The summed E-state index contributed by atoms with van der Waals surface area (Å²) in [6.07, 6.45) is 8.67. The summed E-state index contributed by atoms with van der Waals surface area (Å²) in [4.78, 5) is 92.1. The minimum absolute atomic E-state index is 0.0694. The molecular weight excluding hydrogens is 727 g/mol. The lowest BCUT2D eigenvalue weighted by atomic mass is 10.1. The average molecular weight is 766 g/mol. The number of nitrogens with one attached hydrogen (secondary N) is 2. The van der Waals surface area contributed by atoms with Gasteiger partial charge in [-0.3, -0.25) is 48.2 Å². The van der Waals surface area contributed by atoms with E-state index < -0.39 is 41.6 Å². The lowest BCUT2D eigenvalue weighted by molar-refractivity contribution is -0.139. The number of carbonyl (C=O) groups excluding carboxylic acids is 8. The van der Waals surface area contributed by atoms with Crippen molar-refractivity contribution in [2.75, 3.05) is 26.2 Å². The summed E-state index contributed by atoms with van der Waals surface area (Å²) >= 11 is 13.4. The van der Waals surface area contributed by atoms with Gasteiger partial charge in [0.1, 0.15) is 0 Å². The molecule has 2 aliphatic rings. The van der Waals surface area contributed by atoms with E-state index in [2.05, 4.69) is 46.1 Å². The topological polar surface area (TPSA) is 245 Å². The Kier molecular flexibility index (Phi) is 24.8. The van der Waals surface area contributed by atoms with Gasteiger partial charge in [-0.2, -0.15) is 0 Å². The maximum Gasteiger partial charge on any atom is 0.253 e. The van der Waals surface area contributed by atoms with Gasteiger partial charge in [0.15, 0.2) is 0 Å². The molecule has 0 radical (unpaired) electrons. The number of unbranched alkanes of at least 4 members (excludes halogenated alkanes) is 2. The van der Waals surface area contributed by atoms with Crippen LogP contribution in [0.15, 0.2) is 24.3 Å². The fraction of sp³-hybridized carbons (Fsp3) is 0.538. The monoisotopic (exact) mass is 765 g/mol. The van der Waals surface area contributed by atoms with Gasteiger partial charge in [0.25, 0.3) is 23.6 Å². The molecule has 8 N–H and O–H groups in total. The first-order chi connectivity index (χ1) is 22.3. The number of carbonyl (C=O) groups is 8. The summed E-state index contributed by atoms with van der Waals surface area (Å²) in [6, 6.07) is -1.19. The summed E-state index contributed by atoms with van der Waals surface area (Å²) in [6.45, 7) is 1.06. The highest BCUT2D eigenvalue weighted by Crippen LogP contribution is 2.10. The lowest BCUT2D eigenvalue weighted by Gasteiger charge is -2.13. The molecule has 0 bridgehead atoms. The van der Waals surface area contributed by atoms with Gasteiger partial charge in [-0.25, -0.2) is 0 Å². The van der Waals surface area contributed by atoms with Gasteiger partial charge in [-0.15, -0.1) is 0 Å². The quantitative estimate of drug-likeness (QED) is 0.0622. The molecule has 7 amide bonds.